The van der Waals surface area contributed by atoms with E-state index >= 15 is 0 Å². The second-order valence-corrected chi connectivity index (χ2v) is 4.08. The molecule has 0 aromatic carbocycles. The van der Waals surface area contributed by atoms with Crippen LogP contribution in [-0.2, 0) is 33.7 Å². The number of hydrogen-bond donors (Lipinski definition) is 0. The van der Waals surface area contributed by atoms with Crippen LogP contribution in [0, 0.1) is 26.6 Å². The van der Waals surface area contributed by atoms with E-state index in [-0.39, 0.29) is 0 Å². The van der Waals surface area contributed by atoms with Gasteiger partial charge in [0.25, 0.3) is 0 Å². The Morgan fingerprint density at radius 3 is 1.68 bits per heavy atom. The molecule has 0 spiro atoms. The second kappa shape index (κ2) is 43.2. The number of allylic oxidation sites excluding steroid dienone is 1. The third-order valence-corrected chi connectivity index (χ3v) is 3.18. The maximum atomic E-state index is 7.50. The first kappa shape index (κ1) is 31.1. The summed E-state index contributed by atoms with van der Waals surface area (Å²) in [5.74, 6) is 0. The average Bonchev–Trinajstić information content (AvgIpc) is 2.51. The van der Waals surface area contributed by atoms with Gasteiger partial charge in [0.15, 0.2) is 0 Å². The van der Waals surface area contributed by atoms with Crippen molar-refractivity contribution in [2.75, 3.05) is 6.54 Å². The van der Waals surface area contributed by atoms with Gasteiger partial charge in [-0.15, -0.1) is 0 Å². The molecule has 0 amide bonds. The number of hydrogen-bond acceptors (Lipinski definition) is 1. The molecule has 0 aliphatic carbocycles. The molecular formula is C12H16FeNO4P. The maximum absolute atomic E-state index is 7.50. The van der Waals surface area contributed by atoms with Gasteiger partial charge in [0.2, 0.25) is 0 Å². The van der Waals surface area contributed by atoms with Crippen molar-refractivity contribution in [2.24, 2.45) is 0 Å². The van der Waals surface area contributed by atoms with Crippen LogP contribution in [0.15, 0.2) is 12.7 Å². The normalized spacial score (nSPS) is 7.00. The van der Waals surface area contributed by atoms with Gasteiger partial charge in [0, 0.05) is 0 Å². The molecule has 7 heteroatoms. The van der Waals surface area contributed by atoms with E-state index in [1.807, 2.05) is 6.08 Å². The summed E-state index contributed by atoms with van der Waals surface area (Å²) in [5, 5.41) is 0. The van der Waals surface area contributed by atoms with Crippen LogP contribution in [0.1, 0.15) is 26.7 Å². The van der Waals surface area contributed by atoms with Crippen LogP contribution in [-0.4, -0.2) is 17.3 Å². The molecule has 0 radical (unpaired) electrons. The van der Waals surface area contributed by atoms with Gasteiger partial charge in [-0.25, -0.2) is 0 Å². The molecule has 0 unspecified atom stereocenters. The molecular weight excluding hydrogens is 309 g/mol. The van der Waals surface area contributed by atoms with E-state index in [1.165, 1.54) is 6.42 Å². The molecule has 0 N–H and O–H groups in total. The minimum atomic E-state index is 0.610. The average molecular weight is 325 g/mol. The summed E-state index contributed by atoms with van der Waals surface area (Å²) in [6, 6.07) is 0.610. The Kier molecular flexibility index (Phi) is 70.7. The fourth-order valence-electron chi connectivity index (χ4n) is 0.773. The first-order valence-corrected chi connectivity index (χ1v) is 6.92. The molecule has 0 atom stereocenters. The zero-order valence-electron chi connectivity index (χ0n) is 10.9. The third kappa shape index (κ3) is 38.1. The zero-order chi connectivity index (χ0) is 16.7. The number of rotatable bonds is 6. The van der Waals surface area contributed by atoms with E-state index < -0.39 is 0 Å². The van der Waals surface area contributed by atoms with Crippen LogP contribution in [0.2, 0.25) is 0 Å². The van der Waals surface area contributed by atoms with Crippen molar-refractivity contribution in [3.8, 4) is 0 Å². The van der Waals surface area contributed by atoms with Crippen LogP contribution in [0.5, 0.6) is 0 Å². The Morgan fingerprint density at radius 1 is 1.11 bits per heavy atom. The summed E-state index contributed by atoms with van der Waals surface area (Å²) in [7, 11) is 0. The monoisotopic (exact) mass is 325 g/mol. The van der Waals surface area contributed by atoms with Crippen molar-refractivity contribution in [3.63, 3.8) is 0 Å². The van der Waals surface area contributed by atoms with Crippen LogP contribution in [0.3, 0.4) is 0 Å². The van der Waals surface area contributed by atoms with Gasteiger partial charge in [-0.1, -0.05) is 0 Å². The Morgan fingerprint density at radius 2 is 1.47 bits per heavy atom. The molecule has 0 aromatic rings. The Bertz CT molecular complexity index is 237. The van der Waals surface area contributed by atoms with Crippen molar-refractivity contribution in [2.45, 2.75) is 32.7 Å². The quantitative estimate of drug-likeness (QED) is 0.185. The molecule has 19 heavy (non-hydrogen) atoms. The summed E-state index contributed by atoms with van der Waals surface area (Å²) in [6.07, 6.45) is 4.28. The van der Waals surface area contributed by atoms with E-state index in [9.17, 15) is 0 Å². The summed E-state index contributed by atoms with van der Waals surface area (Å²) in [5.41, 5.74) is 0. The van der Waals surface area contributed by atoms with Crippen molar-refractivity contribution in [1.29, 1.82) is 0 Å². The van der Waals surface area contributed by atoms with E-state index in [0.29, 0.717) is 6.04 Å². The molecule has 0 fully saturated rings. The van der Waals surface area contributed by atoms with Gasteiger partial charge < -0.3 is 0 Å². The number of unbranched alkanes of at least 4 members (excludes halogenated alkanes) is 1. The molecule has 0 aliphatic heterocycles. The SMILES string of the molecule is C=CCCCN([P]=[Fe])C(C)C.[C-]#[O+].[C-]#[O+].[C-]#[O+].[C-]#[O+]. The van der Waals surface area contributed by atoms with Crippen LogP contribution in [0.4, 0.5) is 0 Å². The molecule has 0 saturated carbocycles. The number of nitrogens with zero attached hydrogens (tertiary/aromatic N) is 1. The van der Waals surface area contributed by atoms with Gasteiger partial charge in [-0.3, -0.25) is 0 Å². The first-order chi connectivity index (χ1) is 9.22. The van der Waals surface area contributed by atoms with Gasteiger partial charge in [-0.05, 0) is 0 Å². The zero-order valence-corrected chi connectivity index (χ0v) is 12.9. The predicted octanol–water partition coefficient (Wildman–Crippen LogP) is 2.84. The van der Waals surface area contributed by atoms with Crippen molar-refractivity contribution in [1.82, 2.24) is 4.67 Å². The summed E-state index contributed by atoms with van der Waals surface area (Å²) in [4.78, 5) is 0. The fourth-order valence-corrected chi connectivity index (χ4v) is 2.24. The van der Waals surface area contributed by atoms with E-state index in [1.54, 1.807) is 0 Å². The molecule has 0 aromatic heterocycles. The van der Waals surface area contributed by atoms with Gasteiger partial charge in [0.1, 0.15) is 0 Å². The minimum absolute atomic E-state index is 0.610. The standard InChI is InChI=1S/C8H16NP.4CO.Fe/c1-4-5-6-7-9(10)8(2)3;4*1-2;/h4,8H,1,5-7H2,2-3H3;;;;;. The predicted molar refractivity (Wildman–Crippen MR) is 63.9 cm³/mol. The van der Waals surface area contributed by atoms with Crippen molar-refractivity contribution in [3.05, 3.63) is 39.3 Å². The first-order valence-electron chi connectivity index (χ1n) is 4.72. The molecule has 0 bridgehead atoms. The van der Waals surface area contributed by atoms with Crippen LogP contribution in [0.25, 0.3) is 0 Å². The Labute approximate surface area is 124 Å². The second-order valence-electron chi connectivity index (χ2n) is 2.76. The summed E-state index contributed by atoms with van der Waals surface area (Å²) < 4.78 is 32.3. The van der Waals surface area contributed by atoms with Crippen LogP contribution < -0.4 is 0 Å². The summed E-state index contributed by atoms with van der Waals surface area (Å²) >= 11 is 3.86. The molecule has 106 valence electrons. The molecule has 5 nitrogen and oxygen atoms in total. The van der Waals surface area contributed by atoms with Gasteiger partial charge >= 0.3 is 124 Å². The Balaban J connectivity index is -0.0000000693. The molecule has 0 aliphatic rings. The summed E-state index contributed by atoms with van der Waals surface area (Å²) in [6.45, 7) is 28.4. The van der Waals surface area contributed by atoms with Crippen molar-refractivity contribution < 1.29 is 33.7 Å². The third-order valence-electron chi connectivity index (χ3n) is 1.48. The van der Waals surface area contributed by atoms with E-state index in [4.69, 9.17) is 18.6 Å². The Hall–Kier alpha value is -0.521. The fraction of sp³-hybridized carbons (Fsp3) is 0.500. The van der Waals surface area contributed by atoms with Crippen molar-refractivity contribution >= 4 is 6.98 Å². The topological polar surface area (TPSA) is 82.8 Å². The molecule has 0 saturated heterocycles. The van der Waals surface area contributed by atoms with E-state index in [0.717, 1.165) is 19.9 Å². The van der Waals surface area contributed by atoms with Gasteiger partial charge in [0.05, 0.1) is 0 Å². The molecule has 0 heterocycles. The van der Waals surface area contributed by atoms with Gasteiger partial charge in [-0.2, -0.15) is 0 Å². The van der Waals surface area contributed by atoms with Crippen LogP contribution >= 0.6 is 6.98 Å². The van der Waals surface area contributed by atoms with E-state index in [2.05, 4.69) is 66.8 Å². The molecule has 0 rings (SSSR count).